The molecule has 1 saturated heterocycles. The van der Waals surface area contributed by atoms with E-state index >= 15 is 0 Å². The van der Waals surface area contributed by atoms with E-state index in [4.69, 9.17) is 4.74 Å². The summed E-state index contributed by atoms with van der Waals surface area (Å²) in [6.45, 7) is 9.36. The summed E-state index contributed by atoms with van der Waals surface area (Å²) in [5.41, 5.74) is 0. The van der Waals surface area contributed by atoms with E-state index in [1.807, 2.05) is 14.0 Å². The minimum Gasteiger partial charge on any atom is -0.466 e. The van der Waals surface area contributed by atoms with Gasteiger partial charge in [0.05, 0.1) is 12.5 Å². The topological polar surface area (TPSA) is 53.9 Å². The van der Waals surface area contributed by atoms with Crippen molar-refractivity contribution in [3.8, 4) is 0 Å². The number of carbonyl (C=O) groups is 1. The maximum Gasteiger partial charge on any atom is 0.310 e. The highest BCUT2D eigenvalue weighted by Gasteiger charge is 2.28. The number of aliphatic imine (C=N–C) groups is 1. The summed E-state index contributed by atoms with van der Waals surface area (Å²) in [7, 11) is 1.81. The molecule has 1 fully saturated rings. The minimum absolute atomic E-state index is 0. The first kappa shape index (κ1) is 21.5. The van der Waals surface area contributed by atoms with Gasteiger partial charge < -0.3 is 15.0 Å². The number of guanidine groups is 1. The van der Waals surface area contributed by atoms with Crippen LogP contribution in [0.1, 0.15) is 46.5 Å². The summed E-state index contributed by atoms with van der Waals surface area (Å²) in [5, 5.41) is 3.46. The Morgan fingerprint density at radius 3 is 2.59 bits per heavy atom. The quantitative estimate of drug-likeness (QED) is 0.308. The Labute approximate surface area is 152 Å². The zero-order chi connectivity index (χ0) is 15.7. The van der Waals surface area contributed by atoms with Crippen LogP contribution in [0.3, 0.4) is 0 Å². The molecule has 0 radical (unpaired) electrons. The summed E-state index contributed by atoms with van der Waals surface area (Å²) in [5.74, 6) is 1.49. The molecule has 0 aliphatic carbocycles. The number of carbonyl (C=O) groups excluding carboxylic acids is 1. The van der Waals surface area contributed by atoms with Gasteiger partial charge in [-0.3, -0.25) is 9.79 Å². The van der Waals surface area contributed by atoms with Crippen molar-refractivity contribution < 1.29 is 9.53 Å². The third-order valence-corrected chi connectivity index (χ3v) is 4.26. The second-order valence-electron chi connectivity index (χ2n) is 5.65. The molecule has 1 aliphatic heterocycles. The van der Waals surface area contributed by atoms with E-state index in [0.29, 0.717) is 19.1 Å². The predicted molar refractivity (Wildman–Crippen MR) is 102 cm³/mol. The molecule has 0 amide bonds. The highest BCUT2D eigenvalue weighted by atomic mass is 127. The third-order valence-electron chi connectivity index (χ3n) is 4.26. The third kappa shape index (κ3) is 6.71. The summed E-state index contributed by atoms with van der Waals surface area (Å²) in [4.78, 5) is 18.5. The minimum atomic E-state index is -0.0716. The predicted octanol–water partition coefficient (Wildman–Crippen LogP) is 2.89. The fourth-order valence-electron chi connectivity index (χ4n) is 2.77. The van der Waals surface area contributed by atoms with Gasteiger partial charge in [-0.05, 0) is 25.7 Å². The molecule has 130 valence electrons. The van der Waals surface area contributed by atoms with Crippen LogP contribution >= 0.6 is 24.0 Å². The molecule has 22 heavy (non-hydrogen) atoms. The molecule has 0 spiro atoms. The number of ether oxygens (including phenoxy) is 1. The van der Waals surface area contributed by atoms with Crippen LogP contribution in [0.25, 0.3) is 0 Å². The smallest absolute Gasteiger partial charge is 0.310 e. The van der Waals surface area contributed by atoms with Gasteiger partial charge in [-0.25, -0.2) is 0 Å². The zero-order valence-electron chi connectivity index (χ0n) is 14.4. The van der Waals surface area contributed by atoms with E-state index in [1.54, 1.807) is 0 Å². The molecular weight excluding hydrogens is 393 g/mol. The summed E-state index contributed by atoms with van der Waals surface area (Å²) >= 11 is 0. The van der Waals surface area contributed by atoms with Crippen molar-refractivity contribution in [2.24, 2.45) is 16.8 Å². The van der Waals surface area contributed by atoms with Crippen molar-refractivity contribution in [1.82, 2.24) is 10.2 Å². The molecular formula is C16H32IN3O2. The monoisotopic (exact) mass is 425 g/mol. The number of esters is 1. The zero-order valence-corrected chi connectivity index (χ0v) is 16.8. The van der Waals surface area contributed by atoms with E-state index in [1.165, 1.54) is 12.8 Å². The summed E-state index contributed by atoms with van der Waals surface area (Å²) in [6.07, 6.45) is 4.27. The molecule has 0 aromatic carbocycles. The summed E-state index contributed by atoms with van der Waals surface area (Å²) < 4.78 is 5.15. The van der Waals surface area contributed by atoms with E-state index in [0.717, 1.165) is 31.9 Å². The van der Waals surface area contributed by atoms with Gasteiger partial charge in [-0.15, -0.1) is 24.0 Å². The Kier molecular flexibility index (Phi) is 11.7. The van der Waals surface area contributed by atoms with Crippen LogP contribution in [-0.4, -0.2) is 50.1 Å². The SMILES string of the molecule is CCOC(=O)C1CCCN(C(=NC)NCC(CC)CC)C1.I. The van der Waals surface area contributed by atoms with E-state index < -0.39 is 0 Å². The van der Waals surface area contributed by atoms with Crippen LogP contribution in [0.4, 0.5) is 0 Å². The van der Waals surface area contributed by atoms with Crippen LogP contribution in [-0.2, 0) is 9.53 Å². The highest BCUT2D eigenvalue weighted by Crippen LogP contribution is 2.18. The van der Waals surface area contributed by atoms with Crippen molar-refractivity contribution in [2.75, 3.05) is 33.3 Å². The molecule has 5 nitrogen and oxygen atoms in total. The molecule has 6 heteroatoms. The number of piperidine rings is 1. The second kappa shape index (κ2) is 12.0. The average molecular weight is 425 g/mol. The number of halogens is 1. The van der Waals surface area contributed by atoms with Crippen molar-refractivity contribution in [3.63, 3.8) is 0 Å². The van der Waals surface area contributed by atoms with Gasteiger partial charge in [0.25, 0.3) is 0 Å². The van der Waals surface area contributed by atoms with Crippen LogP contribution in [0.5, 0.6) is 0 Å². The Morgan fingerprint density at radius 1 is 1.36 bits per heavy atom. The Morgan fingerprint density at radius 2 is 2.05 bits per heavy atom. The van der Waals surface area contributed by atoms with Gasteiger partial charge in [0.2, 0.25) is 0 Å². The first-order valence-electron chi connectivity index (χ1n) is 8.28. The maximum atomic E-state index is 11.9. The summed E-state index contributed by atoms with van der Waals surface area (Å²) in [6, 6.07) is 0. The lowest BCUT2D eigenvalue weighted by Gasteiger charge is -2.34. The van der Waals surface area contributed by atoms with Crippen LogP contribution in [0.15, 0.2) is 4.99 Å². The van der Waals surface area contributed by atoms with Crippen LogP contribution < -0.4 is 5.32 Å². The molecule has 1 N–H and O–H groups in total. The molecule has 0 aromatic heterocycles. The molecule has 0 aromatic rings. The largest absolute Gasteiger partial charge is 0.466 e. The molecule has 0 saturated carbocycles. The van der Waals surface area contributed by atoms with Crippen molar-refractivity contribution in [1.29, 1.82) is 0 Å². The fourth-order valence-corrected chi connectivity index (χ4v) is 2.77. The van der Waals surface area contributed by atoms with Crippen molar-refractivity contribution in [3.05, 3.63) is 0 Å². The Bertz CT molecular complexity index is 346. The molecule has 1 unspecified atom stereocenters. The molecule has 1 atom stereocenters. The molecule has 0 bridgehead atoms. The van der Waals surface area contributed by atoms with Crippen LogP contribution in [0, 0.1) is 11.8 Å². The van der Waals surface area contributed by atoms with E-state index in [9.17, 15) is 4.79 Å². The van der Waals surface area contributed by atoms with E-state index in [-0.39, 0.29) is 35.9 Å². The first-order chi connectivity index (χ1) is 10.2. The van der Waals surface area contributed by atoms with Crippen molar-refractivity contribution in [2.45, 2.75) is 46.5 Å². The fraction of sp³-hybridized carbons (Fsp3) is 0.875. The maximum absolute atomic E-state index is 11.9. The number of nitrogens with one attached hydrogen (secondary N) is 1. The van der Waals surface area contributed by atoms with Gasteiger partial charge in [-0.2, -0.15) is 0 Å². The lowest BCUT2D eigenvalue weighted by atomic mass is 9.98. The number of likely N-dealkylation sites (tertiary alicyclic amines) is 1. The first-order valence-corrected chi connectivity index (χ1v) is 8.28. The molecule has 1 rings (SSSR count). The Balaban J connectivity index is 0.00000441. The lowest BCUT2D eigenvalue weighted by molar-refractivity contribution is -0.149. The van der Waals surface area contributed by atoms with Crippen molar-refractivity contribution >= 4 is 35.9 Å². The lowest BCUT2D eigenvalue weighted by Crippen LogP contribution is -2.49. The van der Waals surface area contributed by atoms with Gasteiger partial charge in [0.15, 0.2) is 5.96 Å². The normalized spacial score (nSPS) is 18.9. The van der Waals surface area contributed by atoms with Gasteiger partial charge >= 0.3 is 5.97 Å². The highest BCUT2D eigenvalue weighted by molar-refractivity contribution is 14.0. The second-order valence-corrected chi connectivity index (χ2v) is 5.65. The standard InChI is InChI=1S/C16H31N3O2.HI/c1-5-13(6-2)11-18-16(17-4)19-10-8-9-14(12-19)15(20)21-7-3;/h13-14H,5-12H2,1-4H3,(H,17,18);1H. The number of rotatable bonds is 6. The Hall–Kier alpha value is -0.530. The van der Waals surface area contributed by atoms with Gasteiger partial charge in [-0.1, -0.05) is 26.7 Å². The number of hydrogen-bond donors (Lipinski definition) is 1. The van der Waals surface area contributed by atoms with E-state index in [2.05, 4.69) is 29.1 Å². The van der Waals surface area contributed by atoms with Crippen LogP contribution in [0.2, 0.25) is 0 Å². The average Bonchev–Trinajstić information content (AvgIpc) is 2.52. The molecule has 1 heterocycles. The molecule has 1 aliphatic rings. The number of nitrogens with zero attached hydrogens (tertiary/aromatic N) is 2. The van der Waals surface area contributed by atoms with Gasteiger partial charge in [0, 0.05) is 26.7 Å². The van der Waals surface area contributed by atoms with Gasteiger partial charge in [0.1, 0.15) is 0 Å². The number of hydrogen-bond acceptors (Lipinski definition) is 3.